The second-order valence-corrected chi connectivity index (χ2v) is 2.88. The molecule has 4 heteroatoms. The number of nitrogens with zero attached hydrogens (tertiary/aromatic N) is 2. The summed E-state index contributed by atoms with van der Waals surface area (Å²) in [6.07, 6.45) is 2.55. The van der Waals surface area contributed by atoms with Crippen LogP contribution in [0.1, 0.15) is 16.8 Å². The fourth-order valence-corrected chi connectivity index (χ4v) is 1.33. The molecule has 0 bridgehead atoms. The van der Waals surface area contributed by atoms with E-state index in [1.807, 2.05) is 0 Å². The first-order valence-corrected chi connectivity index (χ1v) is 4.22. The Labute approximate surface area is 80.8 Å². The van der Waals surface area contributed by atoms with Crippen molar-refractivity contribution in [2.45, 2.75) is 6.42 Å². The van der Waals surface area contributed by atoms with Gasteiger partial charge in [-0.05, 0) is 12.1 Å². The second-order valence-electron chi connectivity index (χ2n) is 2.88. The molecule has 0 spiro atoms. The third-order valence-corrected chi connectivity index (χ3v) is 1.99. The zero-order valence-corrected chi connectivity index (χ0v) is 7.38. The van der Waals surface area contributed by atoms with Gasteiger partial charge in [0, 0.05) is 11.8 Å². The van der Waals surface area contributed by atoms with Crippen molar-refractivity contribution >= 4 is 24.1 Å². The Kier molecular flexibility index (Phi) is 2.10. The molecule has 70 valence electrons. The lowest BCUT2D eigenvalue weighted by molar-refractivity contribution is -0.116. The molecule has 0 unspecified atom stereocenters. The number of carbonyl (C=O) groups is 2. The molecule has 2 rings (SSSR count). The molecule has 1 heterocycles. The number of anilines is 1. The van der Waals surface area contributed by atoms with E-state index in [0.29, 0.717) is 17.7 Å². The van der Waals surface area contributed by atoms with E-state index in [-0.39, 0.29) is 5.91 Å². The van der Waals surface area contributed by atoms with Crippen molar-refractivity contribution < 1.29 is 9.59 Å². The van der Waals surface area contributed by atoms with Crippen molar-refractivity contribution in [1.82, 2.24) is 0 Å². The first kappa shape index (κ1) is 8.62. The van der Waals surface area contributed by atoms with E-state index in [2.05, 4.69) is 5.10 Å². The predicted octanol–water partition coefficient (Wildman–Crippen LogP) is 1.22. The van der Waals surface area contributed by atoms with Gasteiger partial charge in [-0.25, -0.2) is 5.01 Å². The molecule has 0 aliphatic carbocycles. The molecule has 14 heavy (non-hydrogen) atoms. The standard InChI is InChI=1S/C10H8N2O2/c13-7-8-3-1-2-4-9(8)12-10(14)5-6-11-12/h1-4,6-7H,5H2. The average molecular weight is 188 g/mol. The number of amides is 1. The van der Waals surface area contributed by atoms with Gasteiger partial charge >= 0.3 is 0 Å². The number of benzene rings is 1. The van der Waals surface area contributed by atoms with Crippen molar-refractivity contribution in [3.63, 3.8) is 0 Å². The smallest absolute Gasteiger partial charge is 0.252 e. The highest BCUT2D eigenvalue weighted by Gasteiger charge is 2.20. The molecule has 0 saturated heterocycles. The first-order valence-electron chi connectivity index (χ1n) is 4.22. The van der Waals surface area contributed by atoms with Crippen LogP contribution in [0.3, 0.4) is 0 Å². The summed E-state index contributed by atoms with van der Waals surface area (Å²) in [6, 6.07) is 6.87. The van der Waals surface area contributed by atoms with Gasteiger partial charge in [0.05, 0.1) is 12.1 Å². The highest BCUT2D eigenvalue weighted by atomic mass is 16.2. The summed E-state index contributed by atoms with van der Waals surface area (Å²) in [5.41, 5.74) is 1.01. The Morgan fingerprint density at radius 2 is 2.14 bits per heavy atom. The zero-order valence-electron chi connectivity index (χ0n) is 7.38. The van der Waals surface area contributed by atoms with Crippen LogP contribution in [0.2, 0.25) is 0 Å². The van der Waals surface area contributed by atoms with Crippen LogP contribution in [0.15, 0.2) is 29.4 Å². The van der Waals surface area contributed by atoms with Gasteiger partial charge in [0.15, 0.2) is 6.29 Å². The number of aldehydes is 1. The number of hydrazone groups is 1. The molecular weight excluding hydrogens is 180 g/mol. The second kappa shape index (κ2) is 3.41. The van der Waals surface area contributed by atoms with E-state index in [0.717, 1.165) is 6.29 Å². The highest BCUT2D eigenvalue weighted by Crippen LogP contribution is 2.21. The number of carbonyl (C=O) groups excluding carboxylic acids is 2. The monoisotopic (exact) mass is 188 g/mol. The van der Waals surface area contributed by atoms with Crippen molar-refractivity contribution in [3.8, 4) is 0 Å². The molecule has 1 aliphatic heterocycles. The molecule has 0 saturated carbocycles. The SMILES string of the molecule is O=Cc1ccccc1N1N=CCC1=O. The van der Waals surface area contributed by atoms with Crippen LogP contribution in [0.5, 0.6) is 0 Å². The lowest BCUT2D eigenvalue weighted by Crippen LogP contribution is -2.20. The molecule has 1 aromatic carbocycles. The van der Waals surface area contributed by atoms with Crippen molar-refractivity contribution in [3.05, 3.63) is 29.8 Å². The van der Waals surface area contributed by atoms with E-state index in [1.54, 1.807) is 24.3 Å². The molecule has 1 aromatic rings. The van der Waals surface area contributed by atoms with Crippen molar-refractivity contribution in [2.24, 2.45) is 5.10 Å². The highest BCUT2D eigenvalue weighted by molar-refractivity contribution is 6.07. The van der Waals surface area contributed by atoms with Crippen molar-refractivity contribution in [2.75, 3.05) is 5.01 Å². The third-order valence-electron chi connectivity index (χ3n) is 1.99. The van der Waals surface area contributed by atoms with E-state index >= 15 is 0 Å². The maximum Gasteiger partial charge on any atom is 0.252 e. The van der Waals surface area contributed by atoms with Crippen LogP contribution in [0, 0.1) is 0 Å². The third kappa shape index (κ3) is 1.31. The van der Waals surface area contributed by atoms with Crippen molar-refractivity contribution in [1.29, 1.82) is 0 Å². The van der Waals surface area contributed by atoms with Crippen LogP contribution in [0.25, 0.3) is 0 Å². The summed E-state index contributed by atoms with van der Waals surface area (Å²) in [5.74, 6) is -0.112. The molecule has 0 aromatic heterocycles. The quantitative estimate of drug-likeness (QED) is 0.655. The van der Waals surface area contributed by atoms with Crippen LogP contribution in [0.4, 0.5) is 5.69 Å². The summed E-state index contributed by atoms with van der Waals surface area (Å²) in [5, 5.41) is 5.15. The summed E-state index contributed by atoms with van der Waals surface area (Å²) < 4.78 is 0. The normalized spacial score (nSPS) is 14.9. The Morgan fingerprint density at radius 3 is 2.79 bits per heavy atom. The van der Waals surface area contributed by atoms with E-state index < -0.39 is 0 Å². The van der Waals surface area contributed by atoms with Gasteiger partial charge in [-0.1, -0.05) is 12.1 Å². The Balaban J connectivity index is 2.44. The Morgan fingerprint density at radius 1 is 1.36 bits per heavy atom. The summed E-state index contributed by atoms with van der Waals surface area (Å²) in [4.78, 5) is 22.0. The number of rotatable bonds is 2. The minimum Gasteiger partial charge on any atom is -0.298 e. The lowest BCUT2D eigenvalue weighted by Gasteiger charge is -2.13. The summed E-state index contributed by atoms with van der Waals surface area (Å²) >= 11 is 0. The maximum absolute atomic E-state index is 11.3. The maximum atomic E-state index is 11.3. The van der Waals surface area contributed by atoms with Gasteiger partial charge in [-0.2, -0.15) is 5.10 Å². The van der Waals surface area contributed by atoms with Gasteiger partial charge in [-0.3, -0.25) is 9.59 Å². The molecule has 0 radical (unpaired) electrons. The van der Waals surface area contributed by atoms with Crippen LogP contribution >= 0.6 is 0 Å². The summed E-state index contributed by atoms with van der Waals surface area (Å²) in [7, 11) is 0. The molecule has 1 amide bonds. The number of hydrogen-bond acceptors (Lipinski definition) is 3. The topological polar surface area (TPSA) is 49.7 Å². The van der Waals surface area contributed by atoms with Gasteiger partial charge in [-0.15, -0.1) is 0 Å². The first-order chi connectivity index (χ1) is 6.83. The molecular formula is C10H8N2O2. The number of para-hydroxylation sites is 1. The summed E-state index contributed by atoms with van der Waals surface area (Å²) in [6.45, 7) is 0. The fraction of sp³-hybridized carbons (Fsp3) is 0.100. The predicted molar refractivity (Wildman–Crippen MR) is 52.4 cm³/mol. The number of hydrogen-bond donors (Lipinski definition) is 0. The van der Waals surface area contributed by atoms with Crippen LogP contribution < -0.4 is 5.01 Å². The minimum atomic E-state index is -0.112. The Hall–Kier alpha value is -1.97. The lowest BCUT2D eigenvalue weighted by atomic mass is 10.2. The van der Waals surface area contributed by atoms with Gasteiger partial charge in [0.2, 0.25) is 0 Å². The largest absolute Gasteiger partial charge is 0.298 e. The van der Waals surface area contributed by atoms with Gasteiger partial charge in [0.25, 0.3) is 5.91 Å². The van der Waals surface area contributed by atoms with Gasteiger partial charge < -0.3 is 0 Å². The van der Waals surface area contributed by atoms with Crippen LogP contribution in [-0.2, 0) is 4.79 Å². The minimum absolute atomic E-state index is 0.112. The molecule has 0 N–H and O–H groups in total. The van der Waals surface area contributed by atoms with E-state index in [1.165, 1.54) is 11.2 Å². The van der Waals surface area contributed by atoms with E-state index in [9.17, 15) is 9.59 Å². The van der Waals surface area contributed by atoms with Crippen LogP contribution in [-0.4, -0.2) is 18.4 Å². The molecule has 1 aliphatic rings. The molecule has 0 fully saturated rings. The fourth-order valence-electron chi connectivity index (χ4n) is 1.33. The average Bonchev–Trinajstić information content (AvgIpc) is 2.64. The Bertz CT molecular complexity index is 412. The molecule has 4 nitrogen and oxygen atoms in total. The zero-order chi connectivity index (χ0) is 9.97. The van der Waals surface area contributed by atoms with E-state index in [4.69, 9.17) is 0 Å². The van der Waals surface area contributed by atoms with Gasteiger partial charge in [0.1, 0.15) is 0 Å². The molecule has 0 atom stereocenters.